The number of rotatable bonds is 0. The molecular weight excluding hydrogens is 312 g/mol. The van der Waals surface area contributed by atoms with Crippen molar-refractivity contribution in [3.05, 3.63) is 29.3 Å². The summed E-state index contributed by atoms with van der Waals surface area (Å²) in [5, 5.41) is 39.5. The van der Waals surface area contributed by atoms with Gasteiger partial charge in [0.05, 0.1) is 12.2 Å². The van der Waals surface area contributed by atoms with Gasteiger partial charge in [0.25, 0.3) is 0 Å². The van der Waals surface area contributed by atoms with Crippen molar-refractivity contribution in [1.29, 1.82) is 0 Å². The monoisotopic (exact) mass is 336 g/mol. The molecule has 0 saturated carbocycles. The number of cyclic esters (lactones) is 1. The second-order valence-corrected chi connectivity index (χ2v) is 6.26. The second-order valence-electron chi connectivity index (χ2n) is 6.26. The van der Waals surface area contributed by atoms with Gasteiger partial charge in [0, 0.05) is 12.5 Å². The Morgan fingerprint density at radius 3 is 2.62 bits per heavy atom. The Morgan fingerprint density at radius 1 is 1.12 bits per heavy atom. The van der Waals surface area contributed by atoms with Gasteiger partial charge in [0.1, 0.15) is 23.2 Å². The van der Waals surface area contributed by atoms with Gasteiger partial charge in [-0.2, -0.15) is 0 Å². The SMILES string of the molecule is CC1CC(O)CC(O)CCC/C=C/c2cc(O)cc(O)c2C(=O)O1. The summed E-state index contributed by atoms with van der Waals surface area (Å²) in [5.74, 6) is -1.22. The summed E-state index contributed by atoms with van der Waals surface area (Å²) in [6.07, 6.45) is 3.90. The molecule has 1 aromatic rings. The minimum atomic E-state index is -0.769. The highest BCUT2D eigenvalue weighted by Gasteiger charge is 2.23. The molecule has 24 heavy (non-hydrogen) atoms. The van der Waals surface area contributed by atoms with E-state index in [1.165, 1.54) is 6.07 Å². The van der Waals surface area contributed by atoms with E-state index in [9.17, 15) is 25.2 Å². The molecule has 0 fully saturated rings. The lowest BCUT2D eigenvalue weighted by atomic mass is 10.0. The lowest BCUT2D eigenvalue weighted by Gasteiger charge is -2.20. The van der Waals surface area contributed by atoms with Gasteiger partial charge in [0.15, 0.2) is 0 Å². The average molecular weight is 336 g/mol. The van der Waals surface area contributed by atoms with E-state index in [0.717, 1.165) is 12.5 Å². The zero-order chi connectivity index (χ0) is 17.7. The van der Waals surface area contributed by atoms with Crippen molar-refractivity contribution in [3.63, 3.8) is 0 Å². The molecule has 1 aliphatic rings. The normalized spacial score (nSPS) is 27.6. The van der Waals surface area contributed by atoms with Crippen LogP contribution in [-0.4, -0.2) is 44.7 Å². The molecule has 1 aliphatic heterocycles. The third-order valence-electron chi connectivity index (χ3n) is 4.00. The Morgan fingerprint density at radius 2 is 1.88 bits per heavy atom. The molecule has 132 valence electrons. The van der Waals surface area contributed by atoms with Crippen molar-refractivity contribution >= 4 is 12.0 Å². The molecule has 2 rings (SSSR count). The number of ether oxygens (including phenoxy) is 1. The molecule has 6 heteroatoms. The number of esters is 1. The summed E-state index contributed by atoms with van der Waals surface area (Å²) >= 11 is 0. The molecule has 0 aliphatic carbocycles. The Kier molecular flexibility index (Phi) is 6.23. The summed E-state index contributed by atoms with van der Waals surface area (Å²) in [6.45, 7) is 1.65. The number of carbonyl (C=O) groups excluding carboxylic acids is 1. The fourth-order valence-corrected chi connectivity index (χ4v) is 2.87. The van der Waals surface area contributed by atoms with Crippen molar-refractivity contribution in [3.8, 4) is 11.5 Å². The highest BCUT2D eigenvalue weighted by atomic mass is 16.5. The molecule has 0 radical (unpaired) electrons. The molecule has 1 aromatic carbocycles. The number of hydrogen-bond acceptors (Lipinski definition) is 6. The van der Waals surface area contributed by atoms with Crippen LogP contribution in [0.2, 0.25) is 0 Å². The molecule has 0 spiro atoms. The molecule has 4 N–H and O–H groups in total. The van der Waals surface area contributed by atoms with Crippen LogP contribution in [0, 0.1) is 0 Å². The van der Waals surface area contributed by atoms with Gasteiger partial charge >= 0.3 is 5.97 Å². The van der Waals surface area contributed by atoms with E-state index in [1.807, 2.05) is 6.08 Å². The van der Waals surface area contributed by atoms with E-state index < -0.39 is 24.3 Å². The van der Waals surface area contributed by atoms with E-state index in [2.05, 4.69) is 0 Å². The summed E-state index contributed by atoms with van der Waals surface area (Å²) in [6, 6.07) is 2.47. The zero-order valence-corrected chi connectivity index (χ0v) is 13.7. The minimum Gasteiger partial charge on any atom is -0.508 e. The van der Waals surface area contributed by atoms with Crippen LogP contribution < -0.4 is 0 Å². The third-order valence-corrected chi connectivity index (χ3v) is 4.00. The number of carbonyl (C=O) groups is 1. The number of fused-ring (bicyclic) bond motifs is 1. The quantitative estimate of drug-likeness (QED) is 0.542. The number of phenols is 2. The topological polar surface area (TPSA) is 107 Å². The predicted octanol–water partition coefficient (Wildman–Crippen LogP) is 2.34. The number of aromatic hydroxyl groups is 2. The first kappa shape index (κ1) is 18.3. The van der Waals surface area contributed by atoms with Gasteiger partial charge < -0.3 is 25.2 Å². The summed E-state index contributed by atoms with van der Waals surface area (Å²) in [5.41, 5.74) is 0.352. The second kappa shape index (κ2) is 8.17. The summed E-state index contributed by atoms with van der Waals surface area (Å²) in [4.78, 5) is 12.4. The highest BCUT2D eigenvalue weighted by molar-refractivity contribution is 5.97. The van der Waals surface area contributed by atoms with Crippen molar-refractivity contribution in [2.45, 2.75) is 57.3 Å². The summed E-state index contributed by atoms with van der Waals surface area (Å²) in [7, 11) is 0. The van der Waals surface area contributed by atoms with E-state index in [1.54, 1.807) is 13.0 Å². The lowest BCUT2D eigenvalue weighted by Crippen LogP contribution is -2.25. The van der Waals surface area contributed by atoms with Crippen LogP contribution in [0.4, 0.5) is 0 Å². The molecular formula is C18H24O6. The zero-order valence-electron chi connectivity index (χ0n) is 13.7. The number of phenolic OH excluding ortho intramolecular Hbond substituents is 2. The van der Waals surface area contributed by atoms with Crippen molar-refractivity contribution < 1.29 is 30.0 Å². The van der Waals surface area contributed by atoms with Gasteiger partial charge in [-0.3, -0.25) is 0 Å². The van der Waals surface area contributed by atoms with Gasteiger partial charge in [-0.15, -0.1) is 0 Å². The van der Waals surface area contributed by atoms with Crippen LogP contribution in [0.3, 0.4) is 0 Å². The number of hydrogen-bond donors (Lipinski definition) is 4. The summed E-state index contributed by atoms with van der Waals surface area (Å²) < 4.78 is 5.29. The van der Waals surface area contributed by atoms with E-state index in [4.69, 9.17) is 4.74 Å². The van der Waals surface area contributed by atoms with E-state index >= 15 is 0 Å². The maximum Gasteiger partial charge on any atom is 0.342 e. The largest absolute Gasteiger partial charge is 0.508 e. The molecule has 0 bridgehead atoms. The van der Waals surface area contributed by atoms with Crippen LogP contribution >= 0.6 is 0 Å². The van der Waals surface area contributed by atoms with Crippen LogP contribution in [-0.2, 0) is 4.74 Å². The van der Waals surface area contributed by atoms with Gasteiger partial charge in [-0.1, -0.05) is 12.2 Å². The first-order chi connectivity index (χ1) is 11.4. The molecule has 3 atom stereocenters. The minimum absolute atomic E-state index is 0.0116. The number of aliphatic hydroxyl groups is 2. The first-order valence-electron chi connectivity index (χ1n) is 8.16. The van der Waals surface area contributed by atoms with Crippen LogP contribution in [0.5, 0.6) is 11.5 Å². The first-order valence-corrected chi connectivity index (χ1v) is 8.16. The lowest BCUT2D eigenvalue weighted by molar-refractivity contribution is 0.00987. The van der Waals surface area contributed by atoms with E-state index in [0.29, 0.717) is 18.4 Å². The highest BCUT2D eigenvalue weighted by Crippen LogP contribution is 2.30. The van der Waals surface area contributed by atoms with Crippen LogP contribution in [0.1, 0.15) is 54.9 Å². The number of benzene rings is 1. The van der Waals surface area contributed by atoms with Gasteiger partial charge in [-0.05, 0) is 44.2 Å². The Balaban J connectivity index is 2.32. The molecule has 0 amide bonds. The fourth-order valence-electron chi connectivity index (χ4n) is 2.87. The van der Waals surface area contributed by atoms with Gasteiger partial charge in [-0.25, -0.2) is 4.79 Å². The van der Waals surface area contributed by atoms with Crippen molar-refractivity contribution in [2.75, 3.05) is 0 Å². The Hall–Kier alpha value is -2.05. The third kappa shape index (κ3) is 4.97. The van der Waals surface area contributed by atoms with Crippen molar-refractivity contribution in [1.82, 2.24) is 0 Å². The number of aliphatic hydroxyl groups excluding tert-OH is 2. The van der Waals surface area contributed by atoms with Crippen LogP contribution in [0.15, 0.2) is 18.2 Å². The fraction of sp³-hybridized carbons (Fsp3) is 0.500. The van der Waals surface area contributed by atoms with Gasteiger partial charge in [0.2, 0.25) is 0 Å². The smallest absolute Gasteiger partial charge is 0.342 e. The molecule has 6 nitrogen and oxygen atoms in total. The van der Waals surface area contributed by atoms with E-state index in [-0.39, 0.29) is 29.9 Å². The van der Waals surface area contributed by atoms with Crippen molar-refractivity contribution in [2.24, 2.45) is 0 Å². The molecule has 3 unspecified atom stereocenters. The maximum absolute atomic E-state index is 12.4. The average Bonchev–Trinajstić information content (AvgIpc) is 2.44. The molecule has 0 saturated heterocycles. The Bertz CT molecular complexity index is 610. The Labute approximate surface area is 141 Å². The number of allylic oxidation sites excluding steroid dienone is 1. The predicted molar refractivity (Wildman–Crippen MR) is 88.8 cm³/mol. The van der Waals surface area contributed by atoms with Crippen LogP contribution in [0.25, 0.3) is 6.08 Å². The molecule has 1 heterocycles. The molecule has 0 aromatic heterocycles. The standard InChI is InChI=1S/C18H24O6/c1-11-7-14(20)9-13(19)6-4-2-3-5-12-8-15(21)10-16(22)17(12)18(23)24-11/h3,5,8,10-11,13-14,19-22H,2,4,6-7,9H2,1H3/b5-3+. The maximum atomic E-state index is 12.4.